The average Bonchev–Trinajstić information content (AvgIpc) is 2.85. The monoisotopic (exact) mass is 307 g/mol. The van der Waals surface area contributed by atoms with E-state index in [0.29, 0.717) is 11.7 Å². The number of amides is 2. The van der Waals surface area contributed by atoms with Crippen LogP contribution in [0.25, 0.3) is 0 Å². The molecule has 0 spiro atoms. The number of anilines is 1. The number of rotatable bonds is 6. The smallest absolute Gasteiger partial charge is 0.321 e. The summed E-state index contributed by atoms with van der Waals surface area (Å²) in [6.07, 6.45) is 0.934. The van der Waals surface area contributed by atoms with E-state index in [1.165, 1.54) is 16.2 Å². The number of aryl methyl sites for hydroxylation is 1. The maximum atomic E-state index is 11.6. The molecule has 0 radical (unpaired) electrons. The fraction of sp³-hybridized carbons (Fsp3) is 0.286. The minimum Gasteiger partial charge on any atom is -0.338 e. The van der Waals surface area contributed by atoms with E-state index in [1.54, 1.807) is 11.8 Å². The van der Waals surface area contributed by atoms with Crippen molar-refractivity contribution in [1.82, 2.24) is 10.3 Å². The highest BCUT2D eigenvalue weighted by Gasteiger charge is 2.03. The van der Waals surface area contributed by atoms with Gasteiger partial charge in [-0.05, 0) is 31.2 Å². The normalized spacial score (nSPS) is 10.2. The molecule has 106 valence electrons. The highest BCUT2D eigenvalue weighted by atomic mass is 32.2. The Bertz CT molecular complexity index is 542. The van der Waals surface area contributed by atoms with Gasteiger partial charge >= 0.3 is 6.03 Å². The second-order valence-electron chi connectivity index (χ2n) is 4.19. The van der Waals surface area contributed by atoms with Gasteiger partial charge in [0.05, 0.1) is 5.69 Å². The molecule has 1 aromatic heterocycles. The average molecular weight is 307 g/mol. The third-order valence-corrected chi connectivity index (χ3v) is 4.43. The molecular formula is C14H17N3OS2. The van der Waals surface area contributed by atoms with Gasteiger partial charge in [0.25, 0.3) is 0 Å². The van der Waals surface area contributed by atoms with E-state index in [2.05, 4.69) is 27.8 Å². The second-order valence-corrected chi connectivity index (χ2v) is 6.22. The molecule has 20 heavy (non-hydrogen) atoms. The molecule has 2 rings (SSSR count). The predicted molar refractivity (Wildman–Crippen MR) is 85.7 cm³/mol. The fourth-order valence-electron chi connectivity index (χ4n) is 1.53. The summed E-state index contributed by atoms with van der Waals surface area (Å²) in [5.41, 5.74) is 0.921. The van der Waals surface area contributed by atoms with Crippen LogP contribution in [0.15, 0.2) is 40.6 Å². The quantitative estimate of drug-likeness (QED) is 0.631. The molecule has 6 heteroatoms. The van der Waals surface area contributed by atoms with Crippen LogP contribution in [-0.2, 0) is 0 Å². The molecule has 0 fully saturated rings. The molecule has 2 aromatic rings. The van der Waals surface area contributed by atoms with Crippen molar-refractivity contribution in [2.24, 2.45) is 0 Å². The third-order valence-electron chi connectivity index (χ3n) is 2.46. The molecule has 0 bridgehead atoms. The lowest BCUT2D eigenvalue weighted by Gasteiger charge is -2.05. The summed E-state index contributed by atoms with van der Waals surface area (Å²) >= 11 is 3.23. The van der Waals surface area contributed by atoms with Crippen LogP contribution in [0, 0.1) is 6.92 Å². The SMILES string of the molecule is Cc1csc(NC(=O)NCCCSc2ccccc2)n1. The van der Waals surface area contributed by atoms with Crippen molar-refractivity contribution >= 4 is 34.3 Å². The molecule has 0 aliphatic rings. The Kier molecular flexibility index (Phi) is 5.88. The molecule has 0 atom stereocenters. The van der Waals surface area contributed by atoms with Gasteiger partial charge in [0, 0.05) is 16.8 Å². The second kappa shape index (κ2) is 7.91. The molecule has 2 N–H and O–H groups in total. The van der Waals surface area contributed by atoms with E-state index in [-0.39, 0.29) is 6.03 Å². The van der Waals surface area contributed by atoms with Crippen molar-refractivity contribution in [3.05, 3.63) is 41.4 Å². The molecule has 2 amide bonds. The first-order valence-corrected chi connectivity index (χ1v) is 8.25. The Morgan fingerprint density at radius 1 is 1.35 bits per heavy atom. The van der Waals surface area contributed by atoms with E-state index in [9.17, 15) is 4.79 Å². The molecular weight excluding hydrogens is 290 g/mol. The maximum absolute atomic E-state index is 11.6. The first kappa shape index (κ1) is 14.9. The number of carbonyl (C=O) groups is 1. The molecule has 0 aliphatic carbocycles. The van der Waals surface area contributed by atoms with Crippen LogP contribution in [0.3, 0.4) is 0 Å². The van der Waals surface area contributed by atoms with Crippen LogP contribution in [0.2, 0.25) is 0 Å². The van der Waals surface area contributed by atoms with Crippen molar-refractivity contribution < 1.29 is 4.79 Å². The van der Waals surface area contributed by atoms with Gasteiger partial charge in [-0.2, -0.15) is 0 Å². The number of hydrogen-bond donors (Lipinski definition) is 2. The summed E-state index contributed by atoms with van der Waals surface area (Å²) in [4.78, 5) is 17.0. The molecule has 0 aliphatic heterocycles. The number of urea groups is 1. The van der Waals surface area contributed by atoms with Crippen molar-refractivity contribution in [3.8, 4) is 0 Å². The Morgan fingerprint density at radius 3 is 2.85 bits per heavy atom. The van der Waals surface area contributed by atoms with Crippen molar-refractivity contribution in [2.45, 2.75) is 18.2 Å². The number of benzene rings is 1. The summed E-state index contributed by atoms with van der Waals surface area (Å²) < 4.78 is 0. The molecule has 0 unspecified atom stereocenters. The van der Waals surface area contributed by atoms with Crippen molar-refractivity contribution in [1.29, 1.82) is 0 Å². The van der Waals surface area contributed by atoms with E-state index >= 15 is 0 Å². The topological polar surface area (TPSA) is 54.0 Å². The van der Waals surface area contributed by atoms with Gasteiger partial charge in [-0.1, -0.05) is 18.2 Å². The van der Waals surface area contributed by atoms with E-state index in [0.717, 1.165) is 17.9 Å². The number of hydrogen-bond acceptors (Lipinski definition) is 4. The molecule has 0 saturated heterocycles. The lowest BCUT2D eigenvalue weighted by Crippen LogP contribution is -2.29. The summed E-state index contributed by atoms with van der Waals surface area (Å²) in [6.45, 7) is 2.57. The van der Waals surface area contributed by atoms with Crippen molar-refractivity contribution in [2.75, 3.05) is 17.6 Å². The fourth-order valence-corrected chi connectivity index (χ4v) is 3.09. The minimum atomic E-state index is -0.191. The summed E-state index contributed by atoms with van der Waals surface area (Å²) in [6, 6.07) is 10.1. The summed E-state index contributed by atoms with van der Waals surface area (Å²) in [7, 11) is 0. The Morgan fingerprint density at radius 2 is 2.15 bits per heavy atom. The van der Waals surface area contributed by atoms with Gasteiger partial charge in [-0.15, -0.1) is 23.1 Å². The number of aromatic nitrogens is 1. The van der Waals surface area contributed by atoms with Crippen LogP contribution in [0.1, 0.15) is 12.1 Å². The Hall–Kier alpha value is -1.53. The van der Waals surface area contributed by atoms with Gasteiger partial charge in [0.15, 0.2) is 5.13 Å². The lowest BCUT2D eigenvalue weighted by molar-refractivity contribution is 0.252. The van der Waals surface area contributed by atoms with Gasteiger partial charge in [0.2, 0.25) is 0 Å². The zero-order chi connectivity index (χ0) is 14.2. The lowest BCUT2D eigenvalue weighted by atomic mass is 10.4. The first-order chi connectivity index (χ1) is 9.74. The van der Waals surface area contributed by atoms with Crippen LogP contribution in [0.5, 0.6) is 0 Å². The van der Waals surface area contributed by atoms with Crippen molar-refractivity contribution in [3.63, 3.8) is 0 Å². The number of nitrogens with one attached hydrogen (secondary N) is 2. The maximum Gasteiger partial charge on any atom is 0.321 e. The van der Waals surface area contributed by atoms with Gasteiger partial charge in [-0.3, -0.25) is 5.32 Å². The molecule has 0 saturated carbocycles. The summed E-state index contributed by atoms with van der Waals surface area (Å²) in [5.74, 6) is 0.987. The number of thioether (sulfide) groups is 1. The molecule has 1 heterocycles. The molecule has 1 aromatic carbocycles. The first-order valence-electron chi connectivity index (χ1n) is 6.39. The van der Waals surface area contributed by atoms with E-state index in [1.807, 2.05) is 30.5 Å². The van der Waals surface area contributed by atoms with Gasteiger partial charge in [0.1, 0.15) is 0 Å². The van der Waals surface area contributed by atoms with E-state index in [4.69, 9.17) is 0 Å². The third kappa shape index (κ3) is 5.22. The number of carbonyl (C=O) groups excluding carboxylic acids is 1. The van der Waals surface area contributed by atoms with Crippen LogP contribution < -0.4 is 10.6 Å². The van der Waals surface area contributed by atoms with E-state index < -0.39 is 0 Å². The molecule has 4 nitrogen and oxygen atoms in total. The van der Waals surface area contributed by atoms with Crippen LogP contribution in [0.4, 0.5) is 9.93 Å². The van der Waals surface area contributed by atoms with Gasteiger partial charge in [-0.25, -0.2) is 9.78 Å². The predicted octanol–water partition coefficient (Wildman–Crippen LogP) is 3.76. The minimum absolute atomic E-state index is 0.191. The number of nitrogens with zero attached hydrogens (tertiary/aromatic N) is 1. The zero-order valence-electron chi connectivity index (χ0n) is 11.3. The Balaban J connectivity index is 1.58. The number of thiazole rings is 1. The highest BCUT2D eigenvalue weighted by molar-refractivity contribution is 7.99. The van der Waals surface area contributed by atoms with Gasteiger partial charge < -0.3 is 5.32 Å². The standard InChI is InChI=1S/C14H17N3OS2/c1-11-10-20-14(16-11)17-13(18)15-8-5-9-19-12-6-3-2-4-7-12/h2-4,6-7,10H,5,8-9H2,1H3,(H2,15,16,17,18). The summed E-state index contributed by atoms with van der Waals surface area (Å²) in [5, 5.41) is 8.10. The zero-order valence-corrected chi connectivity index (χ0v) is 12.9. The largest absolute Gasteiger partial charge is 0.338 e. The van der Waals surface area contributed by atoms with Crippen LogP contribution >= 0.6 is 23.1 Å². The van der Waals surface area contributed by atoms with Crippen LogP contribution in [-0.4, -0.2) is 23.3 Å². The highest BCUT2D eigenvalue weighted by Crippen LogP contribution is 2.17. The Labute approximate surface area is 127 Å².